The molecule has 1 aromatic carbocycles. The zero-order chi connectivity index (χ0) is 17.9. The number of piperidine rings is 1. The summed E-state index contributed by atoms with van der Waals surface area (Å²) < 4.78 is 26.3. The minimum atomic E-state index is -3.60. The van der Waals surface area contributed by atoms with Crippen LogP contribution in [-0.2, 0) is 14.8 Å². The molecule has 0 aliphatic carbocycles. The van der Waals surface area contributed by atoms with Crippen LogP contribution in [0.15, 0.2) is 23.1 Å². The third kappa shape index (κ3) is 4.04. The number of anilines is 1. The summed E-state index contributed by atoms with van der Waals surface area (Å²) in [5.74, 6) is -0.616. The van der Waals surface area contributed by atoms with Crippen LogP contribution in [0.2, 0.25) is 0 Å². The number of benzene rings is 1. The van der Waals surface area contributed by atoms with Gasteiger partial charge in [-0.2, -0.15) is 0 Å². The number of sulfonamides is 1. The van der Waals surface area contributed by atoms with Crippen molar-refractivity contribution in [2.24, 2.45) is 11.7 Å². The highest BCUT2D eigenvalue weighted by molar-refractivity contribution is 7.89. The third-order valence-corrected chi connectivity index (χ3v) is 5.67. The first-order chi connectivity index (χ1) is 11.2. The van der Waals surface area contributed by atoms with Gasteiger partial charge in [0.05, 0.1) is 10.8 Å². The van der Waals surface area contributed by atoms with Gasteiger partial charge in [-0.3, -0.25) is 4.79 Å². The van der Waals surface area contributed by atoms with Crippen molar-refractivity contribution in [2.75, 3.05) is 25.5 Å². The van der Waals surface area contributed by atoms with E-state index < -0.39 is 16.1 Å². The first kappa shape index (κ1) is 18.2. The summed E-state index contributed by atoms with van der Waals surface area (Å²) in [7, 11) is -2.27. The van der Waals surface area contributed by atoms with Crippen molar-refractivity contribution in [3.8, 4) is 0 Å². The van der Waals surface area contributed by atoms with Crippen LogP contribution in [0.3, 0.4) is 0 Å². The molecule has 1 atom stereocenters. The number of nitrogens with zero attached hydrogens (tertiary/aromatic N) is 1. The van der Waals surface area contributed by atoms with Crippen molar-refractivity contribution in [1.29, 1.82) is 0 Å². The second-order valence-electron chi connectivity index (χ2n) is 5.80. The molecule has 0 saturated carbocycles. The zero-order valence-corrected chi connectivity index (χ0v) is 14.5. The summed E-state index contributed by atoms with van der Waals surface area (Å²) in [5.41, 5.74) is 6.25. The molecule has 3 amide bonds. The molecule has 0 radical (unpaired) electrons. The fourth-order valence-corrected chi connectivity index (χ4v) is 3.71. The summed E-state index contributed by atoms with van der Waals surface area (Å²) >= 11 is 0. The van der Waals surface area contributed by atoms with Gasteiger partial charge in [-0.05, 0) is 44.5 Å². The second kappa shape index (κ2) is 7.18. The number of primary amides is 1. The molecule has 4 N–H and O–H groups in total. The molecule has 1 saturated heterocycles. The van der Waals surface area contributed by atoms with Gasteiger partial charge in [0.1, 0.15) is 0 Å². The minimum absolute atomic E-state index is 0.116. The molecule has 2 rings (SSSR count). The number of amides is 3. The normalized spacial score (nSPS) is 18.2. The molecule has 1 aliphatic heterocycles. The summed E-state index contributed by atoms with van der Waals surface area (Å²) in [6, 6.07) is 4.17. The van der Waals surface area contributed by atoms with E-state index in [9.17, 15) is 18.0 Å². The lowest BCUT2D eigenvalue weighted by Crippen LogP contribution is -2.46. The molecule has 1 heterocycles. The van der Waals surface area contributed by atoms with Crippen LogP contribution in [0.1, 0.15) is 18.4 Å². The Kier molecular flexibility index (Phi) is 5.45. The number of hydrogen-bond acceptors (Lipinski definition) is 4. The summed E-state index contributed by atoms with van der Waals surface area (Å²) in [6.07, 6.45) is 1.36. The molecule has 0 bridgehead atoms. The van der Waals surface area contributed by atoms with Crippen molar-refractivity contribution in [3.63, 3.8) is 0 Å². The lowest BCUT2D eigenvalue weighted by molar-refractivity contribution is -0.121. The van der Waals surface area contributed by atoms with Crippen LogP contribution >= 0.6 is 0 Å². The number of rotatable bonds is 4. The highest BCUT2D eigenvalue weighted by Crippen LogP contribution is 2.22. The number of carbonyl (C=O) groups excluding carboxylic acids is 2. The predicted molar refractivity (Wildman–Crippen MR) is 89.9 cm³/mol. The lowest BCUT2D eigenvalue weighted by Gasteiger charge is -2.30. The fraction of sp³-hybridized carbons (Fsp3) is 0.467. The van der Waals surface area contributed by atoms with E-state index in [4.69, 9.17) is 5.73 Å². The molecule has 1 aromatic rings. The highest BCUT2D eigenvalue weighted by Gasteiger charge is 2.27. The highest BCUT2D eigenvalue weighted by atomic mass is 32.2. The Balaban J connectivity index is 2.15. The Morgan fingerprint density at radius 2 is 2.04 bits per heavy atom. The first-order valence-corrected chi connectivity index (χ1v) is 9.12. The van der Waals surface area contributed by atoms with Crippen molar-refractivity contribution in [2.45, 2.75) is 24.7 Å². The van der Waals surface area contributed by atoms with Crippen molar-refractivity contribution < 1.29 is 18.0 Å². The third-order valence-electron chi connectivity index (χ3n) is 4.12. The molecule has 1 fully saturated rings. The molecule has 0 unspecified atom stereocenters. The number of urea groups is 1. The average molecular weight is 354 g/mol. The van der Waals surface area contributed by atoms with E-state index in [1.54, 1.807) is 19.1 Å². The minimum Gasteiger partial charge on any atom is -0.351 e. The van der Waals surface area contributed by atoms with Crippen LogP contribution in [0.5, 0.6) is 0 Å². The lowest BCUT2D eigenvalue weighted by atomic mass is 9.97. The maximum atomic E-state index is 12.4. The average Bonchev–Trinajstić information content (AvgIpc) is 2.56. The number of nitrogens with one attached hydrogen (secondary N) is 2. The van der Waals surface area contributed by atoms with Gasteiger partial charge >= 0.3 is 6.03 Å². The number of nitrogens with two attached hydrogens (primary N) is 1. The van der Waals surface area contributed by atoms with E-state index in [0.29, 0.717) is 30.6 Å². The molecule has 1 aliphatic rings. The Bertz CT molecular complexity index is 748. The van der Waals surface area contributed by atoms with Gasteiger partial charge in [-0.25, -0.2) is 17.9 Å². The molecule has 0 spiro atoms. The van der Waals surface area contributed by atoms with E-state index >= 15 is 0 Å². The van der Waals surface area contributed by atoms with Gasteiger partial charge in [-0.1, -0.05) is 6.07 Å². The zero-order valence-electron chi connectivity index (χ0n) is 13.7. The molecule has 9 heteroatoms. The topological polar surface area (TPSA) is 122 Å². The summed E-state index contributed by atoms with van der Waals surface area (Å²) in [4.78, 5) is 25.2. The molecular formula is C15H22N4O4S. The first-order valence-electron chi connectivity index (χ1n) is 7.64. The van der Waals surface area contributed by atoms with Crippen LogP contribution in [0.25, 0.3) is 0 Å². The number of hydrogen-bond donors (Lipinski definition) is 3. The Morgan fingerprint density at radius 3 is 2.67 bits per heavy atom. The smallest absolute Gasteiger partial charge is 0.314 e. The van der Waals surface area contributed by atoms with E-state index in [1.807, 2.05) is 0 Å². The molecule has 8 nitrogen and oxygen atoms in total. The van der Waals surface area contributed by atoms with E-state index in [-0.39, 0.29) is 23.3 Å². The maximum Gasteiger partial charge on any atom is 0.314 e. The van der Waals surface area contributed by atoms with Gasteiger partial charge in [0.2, 0.25) is 15.9 Å². The van der Waals surface area contributed by atoms with E-state index in [0.717, 1.165) is 0 Å². The van der Waals surface area contributed by atoms with E-state index in [1.165, 1.54) is 18.0 Å². The molecular weight excluding hydrogens is 332 g/mol. The Hall–Kier alpha value is -2.13. The van der Waals surface area contributed by atoms with E-state index in [2.05, 4.69) is 10.0 Å². The van der Waals surface area contributed by atoms with Crippen molar-refractivity contribution in [3.05, 3.63) is 23.8 Å². The van der Waals surface area contributed by atoms with Gasteiger partial charge < -0.3 is 16.0 Å². The second-order valence-corrected chi connectivity index (χ2v) is 7.66. The maximum absolute atomic E-state index is 12.4. The summed E-state index contributed by atoms with van der Waals surface area (Å²) in [6.45, 7) is 2.50. The van der Waals surface area contributed by atoms with Crippen LogP contribution in [0.4, 0.5) is 10.5 Å². The molecule has 0 aromatic heterocycles. The SMILES string of the molecule is CNS(=O)(=O)c1cc(NC(=O)[C@H]2CCCN(C(N)=O)C2)ccc1C. The van der Waals surface area contributed by atoms with Crippen LogP contribution in [-0.4, -0.2) is 45.4 Å². The van der Waals surface area contributed by atoms with Gasteiger partial charge in [0.15, 0.2) is 0 Å². The standard InChI is InChI=1S/C15H22N4O4S/c1-10-5-6-12(8-13(10)24(22,23)17-2)18-14(20)11-4-3-7-19(9-11)15(16)21/h5-6,8,11,17H,3-4,7,9H2,1-2H3,(H2,16,21)(H,18,20)/t11-/m0/s1. The number of carbonyl (C=O) groups is 2. The van der Waals surface area contributed by atoms with Crippen LogP contribution in [0, 0.1) is 12.8 Å². The van der Waals surface area contributed by atoms with Crippen molar-refractivity contribution in [1.82, 2.24) is 9.62 Å². The molecule has 132 valence electrons. The summed E-state index contributed by atoms with van der Waals surface area (Å²) in [5, 5.41) is 2.72. The largest absolute Gasteiger partial charge is 0.351 e. The van der Waals surface area contributed by atoms with Gasteiger partial charge in [0, 0.05) is 18.8 Å². The van der Waals surface area contributed by atoms with Gasteiger partial charge in [-0.15, -0.1) is 0 Å². The molecule has 24 heavy (non-hydrogen) atoms. The predicted octanol–water partition coefficient (Wildman–Crippen LogP) is 0.632. The fourth-order valence-electron chi connectivity index (χ4n) is 2.71. The monoisotopic (exact) mass is 354 g/mol. The number of likely N-dealkylation sites (tertiary alicyclic amines) is 1. The van der Waals surface area contributed by atoms with Crippen LogP contribution < -0.4 is 15.8 Å². The van der Waals surface area contributed by atoms with Crippen molar-refractivity contribution >= 4 is 27.6 Å². The quantitative estimate of drug-likeness (QED) is 0.734. The number of aryl methyl sites for hydroxylation is 1. The Labute approximate surface area is 141 Å². The Morgan fingerprint density at radius 1 is 1.33 bits per heavy atom. The van der Waals surface area contributed by atoms with Gasteiger partial charge in [0.25, 0.3) is 0 Å².